The molecule has 1 fully saturated rings. The van der Waals surface area contributed by atoms with Crippen LogP contribution < -0.4 is 5.32 Å². The number of carboxylic acids is 1. The third-order valence-electron chi connectivity index (χ3n) is 3.36. The minimum absolute atomic E-state index is 0.0175. The lowest BCUT2D eigenvalue weighted by Crippen LogP contribution is -2.26. The summed E-state index contributed by atoms with van der Waals surface area (Å²) in [5, 5.41) is 11.0. The van der Waals surface area contributed by atoms with Gasteiger partial charge < -0.3 is 10.4 Å². The topological polar surface area (TPSA) is 66.4 Å². The van der Waals surface area contributed by atoms with E-state index in [4.69, 9.17) is 5.11 Å². The second-order valence-electron chi connectivity index (χ2n) is 4.87. The molecule has 1 saturated carbocycles. The molecule has 2 N–H and O–H groups in total. The monoisotopic (exact) mass is 283 g/mol. The fourth-order valence-electron chi connectivity index (χ4n) is 2.25. The van der Waals surface area contributed by atoms with Gasteiger partial charge in [-0.25, -0.2) is 8.78 Å². The van der Waals surface area contributed by atoms with Crippen molar-refractivity contribution < 1.29 is 23.5 Å². The van der Waals surface area contributed by atoms with Crippen molar-refractivity contribution >= 4 is 11.9 Å². The van der Waals surface area contributed by atoms with E-state index in [9.17, 15) is 18.4 Å². The summed E-state index contributed by atoms with van der Waals surface area (Å²) >= 11 is 0. The zero-order valence-corrected chi connectivity index (χ0v) is 10.7. The molecule has 0 bridgehead atoms. The first-order valence-corrected chi connectivity index (χ1v) is 6.44. The standard InChI is InChI=1S/C14H15F2NO3/c15-10-3-1-4-11(16)13(10)8-7-9(8)14(20)17-6-2-5-12(18)19/h1,3-4,8-9H,2,5-7H2,(H,17,20)(H,18,19)/t8-,9+/m0/s1. The Labute approximate surface area is 114 Å². The van der Waals surface area contributed by atoms with E-state index < -0.39 is 29.4 Å². The number of nitrogens with one attached hydrogen (secondary N) is 1. The molecule has 20 heavy (non-hydrogen) atoms. The predicted octanol–water partition coefficient (Wildman–Crippen LogP) is 2.05. The maximum Gasteiger partial charge on any atom is 0.303 e. The molecule has 0 aliphatic heterocycles. The van der Waals surface area contributed by atoms with E-state index in [0.29, 0.717) is 12.8 Å². The van der Waals surface area contributed by atoms with Crippen molar-refractivity contribution in [1.82, 2.24) is 5.32 Å². The molecule has 6 heteroatoms. The highest BCUT2D eigenvalue weighted by atomic mass is 19.1. The average molecular weight is 283 g/mol. The van der Waals surface area contributed by atoms with E-state index in [0.717, 1.165) is 0 Å². The first-order chi connectivity index (χ1) is 9.50. The van der Waals surface area contributed by atoms with Crippen LogP contribution in [0, 0.1) is 17.6 Å². The Morgan fingerprint density at radius 3 is 2.55 bits per heavy atom. The first kappa shape index (κ1) is 14.4. The van der Waals surface area contributed by atoms with Gasteiger partial charge in [0.2, 0.25) is 5.91 Å². The lowest BCUT2D eigenvalue weighted by Gasteiger charge is -2.05. The molecule has 108 valence electrons. The Hall–Kier alpha value is -1.98. The van der Waals surface area contributed by atoms with Crippen molar-refractivity contribution in [1.29, 1.82) is 0 Å². The Morgan fingerprint density at radius 1 is 1.30 bits per heavy atom. The van der Waals surface area contributed by atoms with Gasteiger partial charge in [0.15, 0.2) is 0 Å². The highest BCUT2D eigenvalue weighted by Gasteiger charge is 2.46. The maximum absolute atomic E-state index is 13.5. The molecule has 2 atom stereocenters. The summed E-state index contributed by atoms with van der Waals surface area (Å²) in [6.07, 6.45) is 0.742. The minimum Gasteiger partial charge on any atom is -0.481 e. The Bertz CT molecular complexity index is 513. The largest absolute Gasteiger partial charge is 0.481 e. The molecule has 0 spiro atoms. The van der Waals surface area contributed by atoms with Gasteiger partial charge in [0, 0.05) is 30.4 Å². The van der Waals surface area contributed by atoms with Crippen molar-refractivity contribution in [2.75, 3.05) is 6.54 Å². The number of hydrogen-bond donors (Lipinski definition) is 2. The third-order valence-corrected chi connectivity index (χ3v) is 3.36. The predicted molar refractivity (Wildman–Crippen MR) is 67.1 cm³/mol. The van der Waals surface area contributed by atoms with Crippen molar-refractivity contribution in [2.45, 2.75) is 25.2 Å². The number of benzene rings is 1. The second kappa shape index (κ2) is 5.98. The summed E-state index contributed by atoms with van der Waals surface area (Å²) in [5.41, 5.74) is -0.0295. The Balaban J connectivity index is 1.85. The lowest BCUT2D eigenvalue weighted by atomic mass is 10.1. The smallest absolute Gasteiger partial charge is 0.303 e. The van der Waals surface area contributed by atoms with E-state index in [1.165, 1.54) is 18.2 Å². The quantitative estimate of drug-likeness (QED) is 0.785. The van der Waals surface area contributed by atoms with Gasteiger partial charge in [0.05, 0.1) is 0 Å². The van der Waals surface area contributed by atoms with Crippen molar-refractivity contribution in [3.05, 3.63) is 35.4 Å². The van der Waals surface area contributed by atoms with Crippen LogP contribution in [0.15, 0.2) is 18.2 Å². The molecule has 4 nitrogen and oxygen atoms in total. The summed E-state index contributed by atoms with van der Waals surface area (Å²) < 4.78 is 27.1. The molecule has 1 aliphatic rings. The summed E-state index contributed by atoms with van der Waals surface area (Å²) in [4.78, 5) is 22.1. The summed E-state index contributed by atoms with van der Waals surface area (Å²) in [6, 6.07) is 3.65. The zero-order chi connectivity index (χ0) is 14.7. The van der Waals surface area contributed by atoms with Crippen LogP contribution in [-0.2, 0) is 9.59 Å². The van der Waals surface area contributed by atoms with E-state index in [2.05, 4.69) is 5.32 Å². The summed E-state index contributed by atoms with van der Waals surface area (Å²) in [5.74, 6) is -3.30. The van der Waals surface area contributed by atoms with Crippen molar-refractivity contribution in [2.24, 2.45) is 5.92 Å². The van der Waals surface area contributed by atoms with Crippen LogP contribution in [0.1, 0.15) is 30.7 Å². The molecule has 0 unspecified atom stereocenters. The van der Waals surface area contributed by atoms with E-state index in [1.807, 2.05) is 0 Å². The van der Waals surface area contributed by atoms with Crippen LogP contribution in [0.3, 0.4) is 0 Å². The van der Waals surface area contributed by atoms with Crippen LogP contribution in [0.4, 0.5) is 8.78 Å². The fourth-order valence-corrected chi connectivity index (χ4v) is 2.25. The van der Waals surface area contributed by atoms with Crippen molar-refractivity contribution in [3.8, 4) is 0 Å². The highest BCUT2D eigenvalue weighted by molar-refractivity contribution is 5.83. The van der Waals surface area contributed by atoms with Crippen molar-refractivity contribution in [3.63, 3.8) is 0 Å². The molecule has 0 aromatic heterocycles. The number of rotatable bonds is 6. The lowest BCUT2D eigenvalue weighted by molar-refractivity contribution is -0.137. The number of carboxylic acid groups (broad SMARTS) is 1. The average Bonchev–Trinajstić information content (AvgIpc) is 3.14. The van der Waals surface area contributed by atoms with Gasteiger partial charge in [-0.05, 0) is 25.0 Å². The van der Waals surface area contributed by atoms with Crippen LogP contribution in [0.25, 0.3) is 0 Å². The van der Waals surface area contributed by atoms with Gasteiger partial charge in [0.25, 0.3) is 0 Å². The first-order valence-electron chi connectivity index (χ1n) is 6.44. The number of carbonyl (C=O) groups is 2. The van der Waals surface area contributed by atoms with Crippen LogP contribution >= 0.6 is 0 Å². The molecular formula is C14H15F2NO3. The number of carbonyl (C=O) groups excluding carboxylic acids is 1. The zero-order valence-electron chi connectivity index (χ0n) is 10.7. The molecule has 0 radical (unpaired) electrons. The molecule has 1 aromatic rings. The van der Waals surface area contributed by atoms with Crippen LogP contribution in [0.2, 0.25) is 0 Å². The fraction of sp³-hybridized carbons (Fsp3) is 0.429. The molecule has 1 amide bonds. The van der Waals surface area contributed by atoms with Crippen LogP contribution in [-0.4, -0.2) is 23.5 Å². The van der Waals surface area contributed by atoms with Crippen LogP contribution in [0.5, 0.6) is 0 Å². The molecule has 0 saturated heterocycles. The van der Waals surface area contributed by atoms with Gasteiger partial charge in [-0.2, -0.15) is 0 Å². The molecular weight excluding hydrogens is 268 g/mol. The van der Waals surface area contributed by atoms with E-state index in [1.54, 1.807) is 0 Å². The number of aliphatic carboxylic acids is 1. The molecule has 0 heterocycles. The minimum atomic E-state index is -0.919. The van der Waals surface area contributed by atoms with E-state index >= 15 is 0 Å². The highest BCUT2D eigenvalue weighted by Crippen LogP contribution is 2.49. The van der Waals surface area contributed by atoms with Gasteiger partial charge in [-0.1, -0.05) is 6.07 Å². The Kier molecular flexibility index (Phi) is 4.32. The molecule has 1 aliphatic carbocycles. The van der Waals surface area contributed by atoms with Gasteiger partial charge >= 0.3 is 5.97 Å². The summed E-state index contributed by atoms with van der Waals surface area (Å²) in [6.45, 7) is 0.258. The molecule has 1 aromatic carbocycles. The third kappa shape index (κ3) is 3.31. The maximum atomic E-state index is 13.5. The molecule has 2 rings (SSSR count). The Morgan fingerprint density at radius 2 is 1.95 bits per heavy atom. The van der Waals surface area contributed by atoms with Gasteiger partial charge in [-0.15, -0.1) is 0 Å². The number of halogens is 2. The van der Waals surface area contributed by atoms with Gasteiger partial charge in [-0.3, -0.25) is 9.59 Å². The van der Waals surface area contributed by atoms with Gasteiger partial charge in [0.1, 0.15) is 11.6 Å². The SMILES string of the molecule is O=C(O)CCCNC(=O)[C@@H]1C[C@@H]1c1c(F)cccc1F. The normalized spacial score (nSPS) is 20.5. The number of hydrogen-bond acceptors (Lipinski definition) is 2. The van der Waals surface area contributed by atoms with E-state index in [-0.39, 0.29) is 24.4 Å². The summed E-state index contributed by atoms with van der Waals surface area (Å²) in [7, 11) is 0. The second-order valence-corrected chi connectivity index (χ2v) is 4.87. The number of amides is 1.